The Balaban J connectivity index is 2.68. The van der Waals surface area contributed by atoms with E-state index in [9.17, 15) is 19.8 Å². The third-order valence-corrected chi connectivity index (χ3v) is 4.96. The van der Waals surface area contributed by atoms with Crippen molar-refractivity contribution in [3.8, 4) is 0 Å². The SMILES string of the molecule is CCOC(=O)C1(C(C)(C)O)CCC(O)(CCCOC(C)=O)CC1. The van der Waals surface area contributed by atoms with Crippen LogP contribution < -0.4 is 0 Å². The fourth-order valence-corrected chi connectivity index (χ4v) is 3.34. The molecule has 0 atom stereocenters. The first-order chi connectivity index (χ1) is 10.6. The van der Waals surface area contributed by atoms with Crippen LogP contribution in [0.2, 0.25) is 0 Å². The first kappa shape index (κ1) is 19.9. The Morgan fingerprint density at radius 3 is 2.13 bits per heavy atom. The van der Waals surface area contributed by atoms with Crippen LogP contribution in [0.15, 0.2) is 0 Å². The molecular weight excluding hydrogens is 300 g/mol. The van der Waals surface area contributed by atoms with Gasteiger partial charge in [-0.2, -0.15) is 0 Å². The normalized spacial score (nSPS) is 28.3. The Labute approximate surface area is 138 Å². The Kier molecular flexibility index (Phi) is 6.59. The van der Waals surface area contributed by atoms with Gasteiger partial charge in [0.2, 0.25) is 0 Å². The van der Waals surface area contributed by atoms with Gasteiger partial charge in [0.05, 0.1) is 29.8 Å². The molecule has 2 N–H and O–H groups in total. The predicted molar refractivity (Wildman–Crippen MR) is 84.6 cm³/mol. The second-order valence-electron chi connectivity index (χ2n) is 7.03. The van der Waals surface area contributed by atoms with Crippen LogP contribution in [-0.4, -0.2) is 46.6 Å². The second-order valence-corrected chi connectivity index (χ2v) is 7.03. The van der Waals surface area contributed by atoms with Crippen LogP contribution in [0.25, 0.3) is 0 Å². The molecule has 0 amide bonds. The van der Waals surface area contributed by atoms with E-state index in [0.29, 0.717) is 38.5 Å². The first-order valence-corrected chi connectivity index (χ1v) is 8.32. The summed E-state index contributed by atoms with van der Waals surface area (Å²) in [7, 11) is 0. The summed E-state index contributed by atoms with van der Waals surface area (Å²) in [6.07, 6.45) is 2.65. The Hall–Kier alpha value is -1.14. The van der Waals surface area contributed by atoms with Crippen molar-refractivity contribution in [1.29, 1.82) is 0 Å². The molecule has 0 heterocycles. The second kappa shape index (κ2) is 7.62. The van der Waals surface area contributed by atoms with Crippen molar-refractivity contribution in [2.24, 2.45) is 5.41 Å². The lowest BCUT2D eigenvalue weighted by atomic mass is 9.60. The number of hydrogen-bond acceptors (Lipinski definition) is 6. The number of hydrogen-bond donors (Lipinski definition) is 2. The van der Waals surface area contributed by atoms with Crippen LogP contribution in [0.1, 0.15) is 66.2 Å². The van der Waals surface area contributed by atoms with E-state index >= 15 is 0 Å². The predicted octanol–water partition coefficient (Wildman–Crippen LogP) is 1.96. The molecule has 1 rings (SSSR count). The molecule has 0 aromatic rings. The van der Waals surface area contributed by atoms with E-state index < -0.39 is 22.6 Å². The van der Waals surface area contributed by atoms with Gasteiger partial charge in [0.15, 0.2) is 0 Å². The van der Waals surface area contributed by atoms with Crippen molar-refractivity contribution in [1.82, 2.24) is 0 Å². The summed E-state index contributed by atoms with van der Waals surface area (Å²) in [6, 6.07) is 0. The summed E-state index contributed by atoms with van der Waals surface area (Å²) >= 11 is 0. The molecule has 0 aromatic heterocycles. The van der Waals surface area contributed by atoms with Gasteiger partial charge in [-0.15, -0.1) is 0 Å². The number of ether oxygens (including phenoxy) is 2. The van der Waals surface area contributed by atoms with Crippen molar-refractivity contribution in [3.05, 3.63) is 0 Å². The van der Waals surface area contributed by atoms with Crippen molar-refractivity contribution in [2.45, 2.75) is 77.4 Å². The molecule has 1 fully saturated rings. The molecule has 0 aliphatic heterocycles. The summed E-state index contributed by atoms with van der Waals surface area (Å²) in [5, 5.41) is 21.2. The summed E-state index contributed by atoms with van der Waals surface area (Å²) in [5.41, 5.74) is -3.08. The van der Waals surface area contributed by atoms with E-state index in [0.717, 1.165) is 0 Å². The van der Waals surface area contributed by atoms with E-state index in [2.05, 4.69) is 0 Å². The minimum atomic E-state index is -1.21. The molecule has 0 bridgehead atoms. The van der Waals surface area contributed by atoms with E-state index in [1.54, 1.807) is 20.8 Å². The van der Waals surface area contributed by atoms with Crippen molar-refractivity contribution >= 4 is 11.9 Å². The lowest BCUT2D eigenvalue weighted by Crippen LogP contribution is -2.55. The zero-order chi connectivity index (χ0) is 17.7. The maximum absolute atomic E-state index is 12.4. The third kappa shape index (κ3) is 4.91. The number of rotatable bonds is 7. The average molecular weight is 330 g/mol. The van der Waals surface area contributed by atoms with Gasteiger partial charge in [0, 0.05) is 6.92 Å². The van der Waals surface area contributed by atoms with Gasteiger partial charge >= 0.3 is 11.9 Å². The lowest BCUT2D eigenvalue weighted by molar-refractivity contribution is -0.184. The highest BCUT2D eigenvalue weighted by Gasteiger charge is 2.55. The van der Waals surface area contributed by atoms with Gasteiger partial charge in [0.1, 0.15) is 0 Å². The molecule has 0 aromatic carbocycles. The molecule has 6 nitrogen and oxygen atoms in total. The number of aliphatic hydroxyl groups is 2. The Morgan fingerprint density at radius 2 is 1.70 bits per heavy atom. The van der Waals surface area contributed by atoms with Gasteiger partial charge < -0.3 is 19.7 Å². The Bertz CT molecular complexity index is 415. The zero-order valence-corrected chi connectivity index (χ0v) is 14.7. The average Bonchev–Trinajstić information content (AvgIpc) is 2.43. The highest BCUT2D eigenvalue weighted by Crippen LogP contribution is 2.49. The number of carbonyl (C=O) groups is 2. The summed E-state index contributed by atoms with van der Waals surface area (Å²) in [5.74, 6) is -0.724. The smallest absolute Gasteiger partial charge is 0.314 e. The quantitative estimate of drug-likeness (QED) is 0.547. The minimum absolute atomic E-state index is 0.267. The summed E-state index contributed by atoms with van der Waals surface area (Å²) < 4.78 is 10.0. The highest BCUT2D eigenvalue weighted by atomic mass is 16.5. The Morgan fingerprint density at radius 1 is 1.13 bits per heavy atom. The van der Waals surface area contributed by atoms with Crippen LogP contribution in [0.4, 0.5) is 0 Å². The summed E-state index contributed by atoms with van der Waals surface area (Å²) in [4.78, 5) is 23.1. The van der Waals surface area contributed by atoms with Crippen LogP contribution >= 0.6 is 0 Å². The van der Waals surface area contributed by atoms with Crippen molar-refractivity contribution < 1.29 is 29.3 Å². The van der Waals surface area contributed by atoms with Crippen LogP contribution in [-0.2, 0) is 19.1 Å². The molecule has 23 heavy (non-hydrogen) atoms. The van der Waals surface area contributed by atoms with E-state index in [4.69, 9.17) is 9.47 Å². The maximum Gasteiger partial charge on any atom is 0.314 e. The molecule has 0 radical (unpaired) electrons. The minimum Gasteiger partial charge on any atom is -0.466 e. The van der Waals surface area contributed by atoms with E-state index in [-0.39, 0.29) is 19.2 Å². The molecule has 0 spiro atoms. The van der Waals surface area contributed by atoms with Crippen LogP contribution in [0.3, 0.4) is 0 Å². The third-order valence-electron chi connectivity index (χ3n) is 4.96. The van der Waals surface area contributed by atoms with E-state index in [1.807, 2.05) is 0 Å². The molecule has 1 aliphatic rings. The van der Waals surface area contributed by atoms with Gasteiger partial charge in [-0.3, -0.25) is 9.59 Å². The first-order valence-electron chi connectivity index (χ1n) is 8.32. The van der Waals surface area contributed by atoms with Gasteiger partial charge in [-0.25, -0.2) is 0 Å². The van der Waals surface area contributed by atoms with Gasteiger partial charge in [-0.05, 0) is 59.3 Å². The fourth-order valence-electron chi connectivity index (χ4n) is 3.34. The largest absolute Gasteiger partial charge is 0.466 e. The monoisotopic (exact) mass is 330 g/mol. The van der Waals surface area contributed by atoms with Gasteiger partial charge in [0.25, 0.3) is 0 Å². The molecular formula is C17H30O6. The number of carbonyl (C=O) groups excluding carboxylic acids is 2. The molecule has 0 unspecified atom stereocenters. The van der Waals surface area contributed by atoms with Crippen LogP contribution in [0.5, 0.6) is 0 Å². The van der Waals surface area contributed by atoms with Crippen molar-refractivity contribution in [2.75, 3.05) is 13.2 Å². The summed E-state index contributed by atoms with van der Waals surface area (Å²) in [6.45, 7) is 6.88. The standard InChI is InChI=1S/C17H30O6/c1-5-22-14(19)17(15(3,4)20)10-8-16(21,9-11-17)7-6-12-23-13(2)18/h20-21H,5-12H2,1-4H3. The maximum atomic E-state index is 12.4. The molecule has 0 saturated heterocycles. The molecule has 1 saturated carbocycles. The molecule has 1 aliphatic carbocycles. The number of esters is 2. The van der Waals surface area contributed by atoms with Gasteiger partial charge in [-0.1, -0.05) is 0 Å². The van der Waals surface area contributed by atoms with E-state index in [1.165, 1.54) is 6.92 Å². The fraction of sp³-hybridized carbons (Fsp3) is 0.882. The van der Waals surface area contributed by atoms with Crippen molar-refractivity contribution in [3.63, 3.8) is 0 Å². The molecule has 6 heteroatoms. The molecule has 134 valence electrons. The zero-order valence-electron chi connectivity index (χ0n) is 14.7. The lowest BCUT2D eigenvalue weighted by Gasteiger charge is -2.48. The topological polar surface area (TPSA) is 93.1 Å². The highest BCUT2D eigenvalue weighted by molar-refractivity contribution is 5.78. The van der Waals surface area contributed by atoms with Crippen LogP contribution in [0, 0.1) is 5.41 Å².